The molecule has 0 spiro atoms. The third-order valence-corrected chi connectivity index (χ3v) is 4.30. The van der Waals surface area contributed by atoms with Crippen molar-refractivity contribution in [1.29, 1.82) is 0 Å². The number of carbonyl (C=O) groups excluding carboxylic acids is 1. The Kier molecular flexibility index (Phi) is 5.65. The van der Waals surface area contributed by atoms with Crippen LogP contribution >= 0.6 is 0 Å². The van der Waals surface area contributed by atoms with Gasteiger partial charge in [0.1, 0.15) is 5.92 Å². The highest BCUT2D eigenvalue weighted by Gasteiger charge is 2.27. The van der Waals surface area contributed by atoms with E-state index in [9.17, 15) is 4.79 Å². The highest BCUT2D eigenvalue weighted by atomic mass is 16.5. The number of para-hydroxylation sites is 2. The molecule has 2 N–H and O–H groups in total. The van der Waals surface area contributed by atoms with Gasteiger partial charge in [0.2, 0.25) is 5.91 Å². The summed E-state index contributed by atoms with van der Waals surface area (Å²) in [4.78, 5) is 13.0. The molecule has 1 atom stereocenters. The van der Waals surface area contributed by atoms with Gasteiger partial charge in [-0.05, 0) is 36.6 Å². The van der Waals surface area contributed by atoms with E-state index in [-0.39, 0.29) is 5.91 Å². The number of H-pyrrole nitrogens is 1. The second-order valence-electron chi connectivity index (χ2n) is 5.98. The molecule has 0 radical (unpaired) electrons. The molecular formula is C19H21N5O3. The number of nitrogens with one attached hydrogen (secondary N) is 2. The first-order chi connectivity index (χ1) is 13.1. The van der Waals surface area contributed by atoms with Gasteiger partial charge in [-0.25, -0.2) is 0 Å². The van der Waals surface area contributed by atoms with Crippen LogP contribution in [-0.4, -0.2) is 40.8 Å². The number of amides is 1. The number of anilines is 1. The summed E-state index contributed by atoms with van der Waals surface area (Å²) >= 11 is 0. The lowest BCUT2D eigenvalue weighted by molar-refractivity contribution is -0.117. The van der Waals surface area contributed by atoms with Crippen molar-refractivity contribution in [3.63, 3.8) is 0 Å². The SMILES string of the molecule is COc1cccc(C[C@@H](C(=O)Nc2ccccc2C)c2nn[nH]n2)c1OC. The summed E-state index contributed by atoms with van der Waals surface area (Å²) in [6, 6.07) is 13.1. The Labute approximate surface area is 156 Å². The molecule has 0 saturated heterocycles. The fourth-order valence-corrected chi connectivity index (χ4v) is 2.89. The van der Waals surface area contributed by atoms with Crippen LogP contribution in [0.3, 0.4) is 0 Å². The van der Waals surface area contributed by atoms with Crippen LogP contribution in [0, 0.1) is 6.92 Å². The van der Waals surface area contributed by atoms with Crippen LogP contribution in [0.25, 0.3) is 0 Å². The van der Waals surface area contributed by atoms with E-state index < -0.39 is 5.92 Å². The molecule has 3 aromatic rings. The average Bonchev–Trinajstić information content (AvgIpc) is 3.21. The Balaban J connectivity index is 1.92. The smallest absolute Gasteiger partial charge is 0.235 e. The molecule has 27 heavy (non-hydrogen) atoms. The fraction of sp³-hybridized carbons (Fsp3) is 0.263. The summed E-state index contributed by atoms with van der Waals surface area (Å²) in [6.45, 7) is 1.93. The van der Waals surface area contributed by atoms with Gasteiger partial charge in [-0.3, -0.25) is 4.79 Å². The molecule has 1 heterocycles. The molecule has 3 rings (SSSR count). The van der Waals surface area contributed by atoms with Crippen LogP contribution in [0.15, 0.2) is 42.5 Å². The monoisotopic (exact) mass is 367 g/mol. The van der Waals surface area contributed by atoms with Gasteiger partial charge in [0.05, 0.1) is 14.2 Å². The molecule has 2 aromatic carbocycles. The first-order valence-corrected chi connectivity index (χ1v) is 8.43. The Bertz CT molecular complexity index is 911. The van der Waals surface area contributed by atoms with E-state index in [0.717, 1.165) is 16.8 Å². The molecule has 8 heteroatoms. The minimum absolute atomic E-state index is 0.226. The quantitative estimate of drug-likeness (QED) is 0.665. The molecule has 0 bridgehead atoms. The summed E-state index contributed by atoms with van der Waals surface area (Å²) in [6.07, 6.45) is 0.331. The molecule has 8 nitrogen and oxygen atoms in total. The third kappa shape index (κ3) is 4.05. The molecule has 1 amide bonds. The maximum absolute atomic E-state index is 13.0. The van der Waals surface area contributed by atoms with E-state index in [4.69, 9.17) is 9.47 Å². The second kappa shape index (κ2) is 8.31. The molecule has 140 valence electrons. The van der Waals surface area contributed by atoms with Crippen LogP contribution in [0.1, 0.15) is 22.9 Å². The zero-order valence-electron chi connectivity index (χ0n) is 15.4. The molecule has 0 fully saturated rings. The van der Waals surface area contributed by atoms with E-state index >= 15 is 0 Å². The number of methoxy groups -OCH3 is 2. The summed E-state index contributed by atoms with van der Waals surface area (Å²) in [5.74, 6) is 0.615. The summed E-state index contributed by atoms with van der Waals surface area (Å²) in [7, 11) is 3.14. The summed E-state index contributed by atoms with van der Waals surface area (Å²) in [5.41, 5.74) is 2.52. The number of nitrogens with zero attached hydrogens (tertiary/aromatic N) is 3. The standard InChI is InChI=1S/C19H21N5O3/c1-12-7-4-5-9-15(12)20-19(25)14(18-21-23-24-22-18)11-13-8-6-10-16(26-2)17(13)27-3/h4-10,14H,11H2,1-3H3,(H,20,25)(H,21,22,23,24)/t14-/m1/s1. The fourth-order valence-electron chi connectivity index (χ4n) is 2.89. The number of hydrogen-bond acceptors (Lipinski definition) is 6. The van der Waals surface area contributed by atoms with E-state index in [1.165, 1.54) is 0 Å². The largest absolute Gasteiger partial charge is 0.493 e. The van der Waals surface area contributed by atoms with Gasteiger partial charge in [-0.1, -0.05) is 35.5 Å². The first-order valence-electron chi connectivity index (χ1n) is 8.43. The minimum atomic E-state index is -0.649. The van der Waals surface area contributed by atoms with Crippen molar-refractivity contribution in [3.05, 3.63) is 59.4 Å². The number of aryl methyl sites for hydroxylation is 1. The van der Waals surface area contributed by atoms with E-state index in [2.05, 4.69) is 25.9 Å². The van der Waals surface area contributed by atoms with Gasteiger partial charge in [0.15, 0.2) is 17.3 Å². The maximum Gasteiger partial charge on any atom is 0.235 e. The zero-order valence-corrected chi connectivity index (χ0v) is 15.4. The molecule has 0 aliphatic rings. The van der Waals surface area contributed by atoms with E-state index in [1.807, 2.05) is 43.3 Å². The normalized spacial score (nSPS) is 11.7. The Morgan fingerprint density at radius 2 is 1.96 bits per heavy atom. The van der Waals surface area contributed by atoms with Crippen molar-refractivity contribution in [2.45, 2.75) is 19.3 Å². The molecule has 0 aliphatic carbocycles. The molecule has 0 aliphatic heterocycles. The van der Waals surface area contributed by atoms with Crippen LogP contribution in [0.4, 0.5) is 5.69 Å². The average molecular weight is 367 g/mol. The predicted octanol–water partition coefficient (Wildman–Crippen LogP) is 2.49. The number of rotatable bonds is 7. The van der Waals surface area contributed by atoms with Crippen LogP contribution in [0.2, 0.25) is 0 Å². The van der Waals surface area contributed by atoms with Crippen LogP contribution in [-0.2, 0) is 11.2 Å². The lowest BCUT2D eigenvalue weighted by Gasteiger charge is -2.17. The molecule has 0 saturated carbocycles. The predicted molar refractivity (Wildman–Crippen MR) is 100.0 cm³/mol. The van der Waals surface area contributed by atoms with Crippen LogP contribution < -0.4 is 14.8 Å². The summed E-state index contributed by atoms with van der Waals surface area (Å²) in [5, 5.41) is 17.0. The molecular weight excluding hydrogens is 346 g/mol. The lowest BCUT2D eigenvalue weighted by Crippen LogP contribution is -2.24. The number of tetrazole rings is 1. The van der Waals surface area contributed by atoms with Crippen molar-refractivity contribution >= 4 is 11.6 Å². The maximum atomic E-state index is 13.0. The number of aromatic amines is 1. The highest BCUT2D eigenvalue weighted by molar-refractivity contribution is 5.96. The van der Waals surface area contributed by atoms with Crippen molar-refractivity contribution in [1.82, 2.24) is 20.6 Å². The van der Waals surface area contributed by atoms with Gasteiger partial charge in [-0.15, -0.1) is 10.2 Å². The van der Waals surface area contributed by atoms with E-state index in [0.29, 0.717) is 23.7 Å². The van der Waals surface area contributed by atoms with Gasteiger partial charge in [0, 0.05) is 5.69 Å². The zero-order chi connectivity index (χ0) is 19.2. The van der Waals surface area contributed by atoms with Crippen molar-refractivity contribution < 1.29 is 14.3 Å². The van der Waals surface area contributed by atoms with E-state index in [1.54, 1.807) is 20.3 Å². The molecule has 1 aromatic heterocycles. The Morgan fingerprint density at radius 3 is 2.63 bits per heavy atom. The topological polar surface area (TPSA) is 102 Å². The number of ether oxygens (including phenoxy) is 2. The van der Waals surface area contributed by atoms with Crippen molar-refractivity contribution in [2.24, 2.45) is 0 Å². The van der Waals surface area contributed by atoms with Gasteiger partial charge in [0.25, 0.3) is 0 Å². The third-order valence-electron chi connectivity index (χ3n) is 4.30. The first kappa shape index (κ1) is 18.4. The number of carbonyl (C=O) groups is 1. The van der Waals surface area contributed by atoms with Gasteiger partial charge in [-0.2, -0.15) is 5.21 Å². The Hall–Kier alpha value is -3.42. The minimum Gasteiger partial charge on any atom is -0.493 e. The number of benzene rings is 2. The lowest BCUT2D eigenvalue weighted by atomic mass is 9.96. The van der Waals surface area contributed by atoms with Gasteiger partial charge >= 0.3 is 0 Å². The van der Waals surface area contributed by atoms with Crippen molar-refractivity contribution in [3.8, 4) is 11.5 Å². The van der Waals surface area contributed by atoms with Gasteiger partial charge < -0.3 is 14.8 Å². The Morgan fingerprint density at radius 1 is 1.15 bits per heavy atom. The number of aromatic nitrogens is 4. The van der Waals surface area contributed by atoms with Crippen LogP contribution in [0.5, 0.6) is 11.5 Å². The van der Waals surface area contributed by atoms with Crippen molar-refractivity contribution in [2.75, 3.05) is 19.5 Å². The summed E-state index contributed by atoms with van der Waals surface area (Å²) < 4.78 is 10.8. The number of hydrogen-bond donors (Lipinski definition) is 2. The molecule has 0 unspecified atom stereocenters. The highest BCUT2D eigenvalue weighted by Crippen LogP contribution is 2.34. The second-order valence-corrected chi connectivity index (χ2v) is 5.98.